The first-order chi connectivity index (χ1) is 9.99. The minimum absolute atomic E-state index is 0.156. The van der Waals surface area contributed by atoms with Crippen molar-refractivity contribution in [1.29, 1.82) is 0 Å². The second-order valence-corrected chi connectivity index (χ2v) is 6.03. The van der Waals surface area contributed by atoms with Gasteiger partial charge < -0.3 is 14.8 Å². The van der Waals surface area contributed by atoms with E-state index >= 15 is 0 Å². The molecule has 0 bridgehead atoms. The smallest absolute Gasteiger partial charge is 0.264 e. The van der Waals surface area contributed by atoms with E-state index in [1.54, 1.807) is 24.4 Å². The van der Waals surface area contributed by atoms with E-state index in [4.69, 9.17) is 8.97 Å². The van der Waals surface area contributed by atoms with Crippen LogP contribution in [0.2, 0.25) is 0 Å². The van der Waals surface area contributed by atoms with E-state index in [1.807, 2.05) is 0 Å². The molecule has 8 heteroatoms. The number of nitrogens with zero attached hydrogens (tertiary/aromatic N) is 1. The first kappa shape index (κ1) is 15.5. The molecule has 21 heavy (non-hydrogen) atoms. The third-order valence-corrected chi connectivity index (χ3v) is 3.69. The molecule has 1 aromatic heterocycles. The molecule has 114 valence electrons. The number of oxazole rings is 1. The number of rotatable bonds is 7. The van der Waals surface area contributed by atoms with Gasteiger partial charge in [-0.05, 0) is 30.2 Å². The summed E-state index contributed by atoms with van der Waals surface area (Å²) in [6.07, 6.45) is 3.17. The van der Waals surface area contributed by atoms with Crippen molar-refractivity contribution in [2.24, 2.45) is 0 Å². The van der Waals surface area contributed by atoms with Crippen molar-refractivity contribution in [2.45, 2.75) is 13.0 Å². The van der Waals surface area contributed by atoms with Crippen molar-refractivity contribution in [2.75, 3.05) is 17.6 Å². The van der Waals surface area contributed by atoms with Gasteiger partial charge in [-0.15, -0.1) is 0 Å². The third-order valence-electron chi connectivity index (χ3n) is 2.88. The predicted octanol–water partition coefficient (Wildman–Crippen LogP) is 1.52. The Morgan fingerprint density at radius 2 is 2.14 bits per heavy atom. The Kier molecular flexibility index (Phi) is 4.94. The van der Waals surface area contributed by atoms with Crippen LogP contribution in [0.1, 0.15) is 12.0 Å². The Hall–Kier alpha value is -1.90. The van der Waals surface area contributed by atoms with Crippen molar-refractivity contribution in [1.82, 2.24) is 4.98 Å². The van der Waals surface area contributed by atoms with Gasteiger partial charge in [-0.2, -0.15) is 8.42 Å². The molecule has 1 aromatic carbocycles. The van der Waals surface area contributed by atoms with Crippen LogP contribution >= 0.6 is 0 Å². The van der Waals surface area contributed by atoms with Gasteiger partial charge in [0.2, 0.25) is 0 Å². The van der Waals surface area contributed by atoms with Gasteiger partial charge in [0.15, 0.2) is 12.2 Å². The maximum atomic E-state index is 10.6. The fourth-order valence-electron chi connectivity index (χ4n) is 1.91. The fourth-order valence-corrected chi connectivity index (χ4v) is 2.42. The highest BCUT2D eigenvalue weighted by atomic mass is 32.2. The zero-order chi connectivity index (χ0) is 15.3. The summed E-state index contributed by atoms with van der Waals surface area (Å²) in [6.45, 7) is 0.239. The Balaban J connectivity index is 2.02. The summed E-state index contributed by atoms with van der Waals surface area (Å²) in [5, 5.41) is 12.4. The van der Waals surface area contributed by atoms with E-state index in [-0.39, 0.29) is 18.8 Å². The van der Waals surface area contributed by atoms with E-state index in [0.717, 1.165) is 11.3 Å². The molecule has 7 nitrogen and oxygen atoms in total. The molecule has 0 spiro atoms. The van der Waals surface area contributed by atoms with Gasteiger partial charge in [0, 0.05) is 17.8 Å². The molecule has 0 radical (unpaired) electrons. The number of nitrogens with one attached hydrogen (secondary N) is 1. The zero-order valence-corrected chi connectivity index (χ0v) is 12.0. The first-order valence-electron chi connectivity index (χ1n) is 6.31. The molecule has 2 rings (SSSR count). The van der Waals surface area contributed by atoms with Crippen LogP contribution in [0.15, 0.2) is 35.2 Å². The maximum Gasteiger partial charge on any atom is 0.264 e. The number of benzene rings is 1. The topological polar surface area (TPSA) is 113 Å². The van der Waals surface area contributed by atoms with Crippen molar-refractivity contribution < 1.29 is 22.5 Å². The first-order valence-corrected chi connectivity index (χ1v) is 7.92. The standard InChI is InChI=1S/C13H16N2O5S/c16-8-10-6-11(15-4-1-5-21(17,18)19)2-3-12(10)13-7-14-9-20-13/h2-3,6-7,9,15-16H,1,4-5,8H2,(H,17,18,19). The SMILES string of the molecule is O=S(=O)(O)CCCNc1ccc(-c2cnco2)c(CO)c1. The van der Waals surface area contributed by atoms with Crippen LogP contribution in [0.4, 0.5) is 5.69 Å². The molecule has 0 aliphatic carbocycles. The predicted molar refractivity (Wildman–Crippen MR) is 77.4 cm³/mol. The second kappa shape index (κ2) is 6.70. The molecule has 2 aromatic rings. The van der Waals surface area contributed by atoms with Gasteiger partial charge in [0.05, 0.1) is 18.6 Å². The van der Waals surface area contributed by atoms with Gasteiger partial charge in [0.25, 0.3) is 10.1 Å². The van der Waals surface area contributed by atoms with Crippen LogP contribution in [0.5, 0.6) is 0 Å². The summed E-state index contributed by atoms with van der Waals surface area (Å²) in [5.74, 6) is 0.278. The summed E-state index contributed by atoms with van der Waals surface area (Å²) in [5.41, 5.74) is 2.17. The summed E-state index contributed by atoms with van der Waals surface area (Å²) >= 11 is 0. The average Bonchev–Trinajstić information content (AvgIpc) is 2.96. The molecule has 0 fully saturated rings. The van der Waals surface area contributed by atoms with E-state index in [1.165, 1.54) is 6.39 Å². The Morgan fingerprint density at radius 1 is 1.33 bits per heavy atom. The van der Waals surface area contributed by atoms with Crippen molar-refractivity contribution in [3.05, 3.63) is 36.4 Å². The van der Waals surface area contributed by atoms with Crippen LogP contribution in [-0.4, -0.2) is 35.4 Å². The molecule has 0 amide bonds. The number of aliphatic hydroxyl groups is 1. The number of aliphatic hydroxyl groups excluding tert-OH is 1. The van der Waals surface area contributed by atoms with E-state index in [0.29, 0.717) is 17.9 Å². The normalized spacial score (nSPS) is 11.5. The summed E-state index contributed by atoms with van der Waals surface area (Å²) in [6, 6.07) is 5.34. The number of aromatic nitrogens is 1. The van der Waals surface area contributed by atoms with Crippen LogP contribution < -0.4 is 5.32 Å². The number of anilines is 1. The Bertz CT molecular complexity index is 683. The largest absolute Gasteiger partial charge is 0.444 e. The lowest BCUT2D eigenvalue weighted by molar-refractivity contribution is 0.282. The molecule has 0 aliphatic heterocycles. The van der Waals surface area contributed by atoms with E-state index in [9.17, 15) is 13.5 Å². The summed E-state index contributed by atoms with van der Waals surface area (Å²) < 4.78 is 35.0. The van der Waals surface area contributed by atoms with Gasteiger partial charge in [-0.25, -0.2) is 4.98 Å². The lowest BCUT2D eigenvalue weighted by Gasteiger charge is -2.10. The molecule has 1 heterocycles. The van der Waals surface area contributed by atoms with Gasteiger partial charge in [-0.3, -0.25) is 4.55 Å². The van der Waals surface area contributed by atoms with E-state index < -0.39 is 10.1 Å². The number of hydrogen-bond donors (Lipinski definition) is 3. The molecule has 0 saturated heterocycles. The monoisotopic (exact) mass is 312 g/mol. The van der Waals surface area contributed by atoms with Crippen LogP contribution in [0.25, 0.3) is 11.3 Å². The molecular formula is C13H16N2O5S. The van der Waals surface area contributed by atoms with Crippen LogP contribution in [0, 0.1) is 0 Å². The molecule has 0 aliphatic rings. The second-order valence-electron chi connectivity index (χ2n) is 4.46. The Labute approximate surface area is 122 Å². The molecule has 0 saturated carbocycles. The third kappa shape index (κ3) is 4.55. The van der Waals surface area contributed by atoms with E-state index in [2.05, 4.69) is 10.3 Å². The lowest BCUT2D eigenvalue weighted by atomic mass is 10.1. The average molecular weight is 312 g/mol. The van der Waals surface area contributed by atoms with Crippen molar-refractivity contribution >= 4 is 15.8 Å². The minimum Gasteiger partial charge on any atom is -0.444 e. The van der Waals surface area contributed by atoms with Gasteiger partial charge in [0.1, 0.15) is 0 Å². The molecule has 0 unspecified atom stereocenters. The van der Waals surface area contributed by atoms with Crippen molar-refractivity contribution in [3.63, 3.8) is 0 Å². The number of hydrogen-bond acceptors (Lipinski definition) is 6. The van der Waals surface area contributed by atoms with Gasteiger partial charge in [-0.1, -0.05) is 0 Å². The van der Waals surface area contributed by atoms with Crippen LogP contribution in [0.3, 0.4) is 0 Å². The minimum atomic E-state index is -3.93. The zero-order valence-electron chi connectivity index (χ0n) is 11.2. The fraction of sp³-hybridized carbons (Fsp3) is 0.308. The maximum absolute atomic E-state index is 10.6. The molecule has 3 N–H and O–H groups in total. The van der Waals surface area contributed by atoms with Gasteiger partial charge >= 0.3 is 0 Å². The molecular weight excluding hydrogens is 296 g/mol. The highest BCUT2D eigenvalue weighted by Crippen LogP contribution is 2.26. The Morgan fingerprint density at radius 3 is 2.76 bits per heavy atom. The highest BCUT2D eigenvalue weighted by molar-refractivity contribution is 7.85. The lowest BCUT2D eigenvalue weighted by Crippen LogP contribution is -2.10. The quantitative estimate of drug-likeness (QED) is 0.525. The van der Waals surface area contributed by atoms with Crippen molar-refractivity contribution in [3.8, 4) is 11.3 Å². The van der Waals surface area contributed by atoms with Crippen LogP contribution in [-0.2, 0) is 16.7 Å². The highest BCUT2D eigenvalue weighted by Gasteiger charge is 2.09. The summed E-state index contributed by atoms with van der Waals surface area (Å²) in [7, 11) is -3.93. The molecule has 0 atom stereocenters. The summed E-state index contributed by atoms with van der Waals surface area (Å²) in [4.78, 5) is 3.84.